The van der Waals surface area contributed by atoms with Gasteiger partial charge in [0.15, 0.2) is 16.2 Å². The van der Waals surface area contributed by atoms with E-state index in [-0.39, 0.29) is 58.9 Å². The van der Waals surface area contributed by atoms with Gasteiger partial charge in [0.1, 0.15) is 40.6 Å². The lowest BCUT2D eigenvalue weighted by atomic mass is 9.45. The number of allylic oxidation sites excluding steroid dienone is 2. The molecule has 2 saturated heterocycles. The number of aryl methyl sites for hydroxylation is 2. The number of ketones is 1. The number of benzene rings is 1. The number of carbonyl (C=O) groups excluding carboxylic acids is 8. The normalized spacial score (nSPS) is 24.3. The molecule has 3 saturated carbocycles. The molecule has 4 unspecified atom stereocenters. The number of fused-ring (bicyclic) bond motifs is 6. The maximum absolute atomic E-state index is 12.0. The fourth-order valence-corrected chi connectivity index (χ4v) is 15.2. The fourth-order valence-electron chi connectivity index (χ4n) is 14.9. The molecular weight excluding hydrogens is 1270 g/mol. The average Bonchev–Trinajstić information content (AvgIpc) is 1.71. The van der Waals surface area contributed by atoms with Gasteiger partial charge in [-0.3, -0.25) is 74.2 Å². The summed E-state index contributed by atoms with van der Waals surface area (Å²) in [5, 5.41) is 32.2. The maximum Gasteiger partial charge on any atom is 0.329 e. The number of H-pyrrole nitrogens is 4. The van der Waals surface area contributed by atoms with Gasteiger partial charge in [-0.25, -0.2) is 19.4 Å². The Balaban J connectivity index is 0.000000215. The van der Waals surface area contributed by atoms with Crippen LogP contribution in [-0.4, -0.2) is 119 Å². The first-order valence-corrected chi connectivity index (χ1v) is 34.0. The molecule has 0 radical (unpaired) electrons. The number of aromatic nitrogens is 6. The lowest BCUT2D eigenvalue weighted by molar-refractivity contribution is -0.150. The third-order valence-corrected chi connectivity index (χ3v) is 21.2. The van der Waals surface area contributed by atoms with Crippen LogP contribution in [0.1, 0.15) is 176 Å². The number of hydrogen-bond acceptors (Lipinski definition) is 18. The van der Waals surface area contributed by atoms with Crippen LogP contribution in [0.3, 0.4) is 0 Å². The molecule has 11 N–H and O–H groups in total. The molecule has 2 aliphatic heterocycles. The summed E-state index contributed by atoms with van der Waals surface area (Å²) >= 11 is 4.68. The van der Waals surface area contributed by atoms with Crippen molar-refractivity contribution in [2.75, 3.05) is 13.2 Å². The first kappa shape index (κ1) is 79.7. The highest BCUT2D eigenvalue weighted by Gasteiger charge is 2.60. The van der Waals surface area contributed by atoms with Crippen molar-refractivity contribution in [1.29, 1.82) is 0 Å². The van der Waals surface area contributed by atoms with Crippen LogP contribution in [0.5, 0.6) is 11.5 Å². The smallest absolute Gasteiger partial charge is 0.329 e. The van der Waals surface area contributed by atoms with E-state index in [1.165, 1.54) is 57.6 Å². The molecule has 27 heteroatoms. The van der Waals surface area contributed by atoms with Crippen molar-refractivity contribution >= 4 is 70.8 Å². The second kappa shape index (κ2) is 34.0. The number of barbiturate groups is 2. The number of aromatic amines is 4. The molecule has 0 spiro atoms. The predicted octanol–water partition coefficient (Wildman–Crippen LogP) is 8.24. The van der Waals surface area contributed by atoms with Gasteiger partial charge in [0.05, 0.1) is 12.4 Å². The van der Waals surface area contributed by atoms with E-state index in [1.54, 1.807) is 19.9 Å². The molecule has 0 bridgehead atoms. The number of imide groups is 4. The van der Waals surface area contributed by atoms with Crippen molar-refractivity contribution in [3.8, 4) is 11.5 Å². The summed E-state index contributed by atoms with van der Waals surface area (Å²) < 4.78 is 12.3. The Labute approximate surface area is 571 Å². The highest BCUT2D eigenvalue weighted by Crippen LogP contribution is 2.66. The Kier molecular flexibility index (Phi) is 27.9. The van der Waals surface area contributed by atoms with Gasteiger partial charge < -0.3 is 35.0 Å². The summed E-state index contributed by atoms with van der Waals surface area (Å²) in [6.45, 7) is 33.6. The number of esters is 1. The highest BCUT2D eigenvalue weighted by atomic mass is 32.1. The summed E-state index contributed by atoms with van der Waals surface area (Å²) in [6, 6.07) is 2.14. The molecule has 534 valence electrons. The number of aliphatic hydroxyl groups is 2. The Morgan fingerprint density at radius 2 is 1.44 bits per heavy atom. The molecule has 4 aromatic rings. The van der Waals surface area contributed by atoms with E-state index in [2.05, 4.69) is 91.1 Å². The van der Waals surface area contributed by atoms with E-state index in [1.807, 2.05) is 74.5 Å². The monoisotopic (exact) mass is 1370 g/mol. The Morgan fingerprint density at radius 3 is 1.98 bits per heavy atom. The number of amides is 8. The minimum atomic E-state index is -1.20. The van der Waals surface area contributed by atoms with Crippen molar-refractivity contribution in [2.45, 2.75) is 199 Å². The molecule has 5 fully saturated rings. The molecular formula is C70H103N11O15S. The molecule has 10 rings (SSSR count). The van der Waals surface area contributed by atoms with Crippen LogP contribution in [0, 0.1) is 89.6 Å². The maximum atomic E-state index is 12.0. The van der Waals surface area contributed by atoms with E-state index in [9.17, 15) is 63.0 Å². The van der Waals surface area contributed by atoms with Crippen LogP contribution in [0.2, 0.25) is 0 Å². The van der Waals surface area contributed by atoms with Crippen molar-refractivity contribution < 1.29 is 58.0 Å². The SMILES string of the molecule is C=CCC1(C(C)CCC)C(=O)NC(=O)NC1=O.CC(=O)Oc1c(C)cc(OCC(O)CNC(C)C)c(C)c1C.CC1CC(=O)C=C2CC[C@H]3[C@@H]4CC[C@H](O)[C@@]4(C)CC[C@@H]3[C@]21C.CCC(C)C1(CC)C(=O)NC(=O)NC1=O.Cc1cc(=O)[nH]c(=S)[nH]1.Cn1c(=O)[nH]c2nc[nH]c2c1=O. The number of rotatable bonds is 15. The minimum absolute atomic E-state index is 0.0874. The third-order valence-electron chi connectivity index (χ3n) is 21.0. The third kappa shape index (κ3) is 18.0. The predicted molar refractivity (Wildman–Crippen MR) is 370 cm³/mol. The van der Waals surface area contributed by atoms with Crippen molar-refractivity contribution in [2.24, 2.45) is 64.2 Å². The zero-order valence-corrected chi connectivity index (χ0v) is 60.0. The molecule has 26 nitrogen and oxygen atoms in total. The minimum Gasteiger partial charge on any atom is -0.491 e. The average molecular weight is 1370 g/mol. The van der Waals surface area contributed by atoms with Gasteiger partial charge in [0.2, 0.25) is 23.6 Å². The molecule has 4 aliphatic carbocycles. The van der Waals surface area contributed by atoms with E-state index in [0.29, 0.717) is 70.5 Å². The van der Waals surface area contributed by atoms with E-state index in [4.69, 9.17) is 9.47 Å². The Hall–Kier alpha value is -8.01. The van der Waals surface area contributed by atoms with Gasteiger partial charge in [0.25, 0.3) is 11.1 Å². The van der Waals surface area contributed by atoms with E-state index >= 15 is 0 Å². The van der Waals surface area contributed by atoms with E-state index < -0.39 is 58.3 Å². The second-order valence-corrected chi connectivity index (χ2v) is 27.8. The van der Waals surface area contributed by atoms with E-state index in [0.717, 1.165) is 70.9 Å². The van der Waals surface area contributed by atoms with Crippen molar-refractivity contribution in [3.05, 3.63) is 101 Å². The zero-order chi connectivity index (χ0) is 72.8. The molecule has 97 heavy (non-hydrogen) atoms. The summed E-state index contributed by atoms with van der Waals surface area (Å²) in [4.78, 5) is 140. The van der Waals surface area contributed by atoms with Gasteiger partial charge in [-0.2, -0.15) is 0 Å². The number of ether oxygens (including phenoxy) is 2. The molecule has 3 aromatic heterocycles. The Morgan fingerprint density at radius 1 is 0.835 bits per heavy atom. The molecule has 1 aromatic carbocycles. The fraction of sp³-hybridized carbons (Fsp3) is 0.614. The first-order valence-electron chi connectivity index (χ1n) is 33.6. The van der Waals surface area contributed by atoms with Gasteiger partial charge >= 0.3 is 23.7 Å². The Bertz CT molecular complexity index is 3780. The van der Waals surface area contributed by atoms with Crippen molar-refractivity contribution in [1.82, 2.24) is 56.1 Å². The van der Waals surface area contributed by atoms with Crippen LogP contribution < -0.4 is 52.9 Å². The summed E-state index contributed by atoms with van der Waals surface area (Å²) in [7, 11) is 1.40. The number of nitrogens with zero attached hydrogens (tertiary/aromatic N) is 2. The topological polar surface area (TPSA) is 388 Å². The molecule has 8 amide bonds. The molecule has 6 aliphatic rings. The van der Waals surface area contributed by atoms with Gasteiger partial charge in [0, 0.05) is 44.7 Å². The largest absolute Gasteiger partial charge is 0.491 e. The van der Waals surface area contributed by atoms with Crippen LogP contribution in [0.15, 0.2) is 57.1 Å². The summed E-state index contributed by atoms with van der Waals surface area (Å²) in [6.07, 6.45) is 14.9. The van der Waals surface area contributed by atoms with Crippen LogP contribution in [0.4, 0.5) is 9.59 Å². The number of aliphatic hydroxyl groups excluding tert-OH is 2. The number of carbonyl (C=O) groups is 8. The quantitative estimate of drug-likeness (QED) is 0.0175. The summed E-state index contributed by atoms with van der Waals surface area (Å²) in [5.74, 6) is 1.72. The second-order valence-electron chi connectivity index (χ2n) is 27.4. The standard InChI is InChI=1S/C20H30O2.C17H27NO4.C12H18N2O3.C10H16N2O3.C6H6N4O2.C5H6N2OS/c1-12-10-14(21)11-13-4-5-15-16-6-7-18(22)19(16,2)9-8-17(15)20(12,13)3;1-10(2)18-8-15(20)9-21-16-7-11(3)17(22-14(6)19)13(5)12(16)4;1-4-6-8(3)12(7-5-2)9(15)13-11(17)14-10(12)16;1-4-6(3)10(5-2)7(13)11-9(15)12-8(10)14;1-10-5(11)3-4(8-2-7-3)9-6(10)12;1-3-2-4(8)7-5(9)6-3/h11-12,15-18,22H,4-10H2,1-3H3;7,10,15,18,20H,8-9H2,1-6H3;5,8H,2,4,6-7H2,1,3H3,(H2,13,14,15,16,17);6H,4-5H2,1-3H3,(H2,11,12,13,14,15);2H,1H3,(H,7,8)(H,9,12);2H,1H3,(H2,6,7,8,9)/t12?,15-,16-,17-,18-,19-,20-;;;;;/m0...../s1. The summed E-state index contributed by atoms with van der Waals surface area (Å²) in [5.41, 5.74) is 2.56. The molecule has 5 heterocycles. The number of hydrogen-bond donors (Lipinski definition) is 11. The highest BCUT2D eigenvalue weighted by molar-refractivity contribution is 7.71. The number of nitrogens with one attached hydrogen (secondary N) is 9. The van der Waals surface area contributed by atoms with Gasteiger partial charge in [-0.05, 0) is 173 Å². The number of imidazole rings is 1. The van der Waals surface area contributed by atoms with Crippen LogP contribution >= 0.6 is 12.2 Å². The van der Waals surface area contributed by atoms with Crippen molar-refractivity contribution in [3.63, 3.8) is 0 Å². The van der Waals surface area contributed by atoms with Crippen LogP contribution in [0.25, 0.3) is 11.2 Å². The first-order chi connectivity index (χ1) is 45.4. The lowest BCUT2D eigenvalue weighted by Gasteiger charge is -2.59. The lowest BCUT2D eigenvalue weighted by Crippen LogP contribution is -2.64. The van der Waals surface area contributed by atoms with Crippen LogP contribution in [-0.2, 0) is 35.8 Å². The zero-order valence-electron chi connectivity index (χ0n) is 59.2. The molecule has 10 atom stereocenters. The van der Waals surface area contributed by atoms with Gasteiger partial charge in [-0.1, -0.05) is 93.7 Å². The van der Waals surface area contributed by atoms with Gasteiger partial charge in [-0.15, -0.1) is 6.58 Å². The number of urea groups is 2.